The first-order valence-electron chi connectivity index (χ1n) is 15.7. The van der Waals surface area contributed by atoms with Crippen LogP contribution in [-0.2, 0) is 9.47 Å². The molecular weight excluding hydrogens is 416 g/mol. The molecule has 2 nitrogen and oxygen atoms in total. The molecule has 0 N–H and O–H groups in total. The Morgan fingerprint density at radius 1 is 0.529 bits per heavy atom. The van der Waals surface area contributed by atoms with Crippen molar-refractivity contribution in [3.63, 3.8) is 0 Å². The van der Waals surface area contributed by atoms with Crippen LogP contribution in [0.4, 0.5) is 0 Å². The quantitative estimate of drug-likeness (QED) is 0.332. The first-order valence-corrected chi connectivity index (χ1v) is 15.7. The molecule has 0 aliphatic heterocycles. The lowest BCUT2D eigenvalue weighted by molar-refractivity contribution is -0.0372. The second-order valence-corrected chi connectivity index (χ2v) is 13.1. The number of hydrogen-bond donors (Lipinski definition) is 0. The van der Waals surface area contributed by atoms with Crippen LogP contribution in [0, 0.1) is 47.3 Å². The van der Waals surface area contributed by atoms with Gasteiger partial charge in [-0.25, -0.2) is 0 Å². The summed E-state index contributed by atoms with van der Waals surface area (Å²) >= 11 is 0. The van der Waals surface area contributed by atoms with Gasteiger partial charge in [0.05, 0.1) is 12.2 Å². The summed E-state index contributed by atoms with van der Waals surface area (Å²) in [6.07, 6.45) is 27.1. The van der Waals surface area contributed by atoms with Gasteiger partial charge >= 0.3 is 0 Å². The van der Waals surface area contributed by atoms with E-state index >= 15 is 0 Å². The van der Waals surface area contributed by atoms with Crippen LogP contribution in [0.15, 0.2) is 0 Å². The van der Waals surface area contributed by atoms with Crippen molar-refractivity contribution in [2.75, 3.05) is 14.2 Å². The summed E-state index contributed by atoms with van der Waals surface area (Å²) in [6.45, 7) is 4.86. The van der Waals surface area contributed by atoms with Gasteiger partial charge in [0.2, 0.25) is 0 Å². The maximum absolute atomic E-state index is 5.76. The first kappa shape index (κ1) is 27.0. The maximum atomic E-state index is 5.76. The Bertz CT molecular complexity index is 559. The molecular formula is C32H58O2. The fraction of sp³-hybridized carbons (Fsp3) is 1.00. The number of hydrogen-bond acceptors (Lipinski definition) is 2. The predicted octanol–water partition coefficient (Wildman–Crippen LogP) is 9.06. The molecule has 0 radical (unpaired) electrons. The zero-order valence-corrected chi connectivity index (χ0v) is 23.3. The highest BCUT2D eigenvalue weighted by Crippen LogP contribution is 2.55. The molecule has 0 amide bonds. The largest absolute Gasteiger partial charge is 0.381 e. The van der Waals surface area contributed by atoms with Crippen LogP contribution >= 0.6 is 0 Å². The molecule has 0 aromatic heterocycles. The first-order chi connectivity index (χ1) is 16.7. The SMILES string of the molecule is CCCCC1CCC(C2CCC(OC)CC2)C(C2CC(CC)CCC2C2CCC(OC)CC2)C1. The van der Waals surface area contributed by atoms with Gasteiger partial charge in [0.15, 0.2) is 0 Å². The average Bonchev–Trinajstić information content (AvgIpc) is 2.91. The Morgan fingerprint density at radius 2 is 1.00 bits per heavy atom. The molecule has 0 saturated heterocycles. The lowest BCUT2D eigenvalue weighted by atomic mass is 9.54. The molecule has 4 fully saturated rings. The van der Waals surface area contributed by atoms with Crippen LogP contribution in [0.25, 0.3) is 0 Å². The van der Waals surface area contributed by atoms with Crippen molar-refractivity contribution in [1.82, 2.24) is 0 Å². The van der Waals surface area contributed by atoms with Gasteiger partial charge in [-0.1, -0.05) is 52.4 Å². The Hall–Kier alpha value is -0.0800. The van der Waals surface area contributed by atoms with E-state index in [0.717, 1.165) is 47.3 Å². The zero-order valence-electron chi connectivity index (χ0n) is 23.3. The minimum absolute atomic E-state index is 0.540. The van der Waals surface area contributed by atoms with E-state index in [1.54, 1.807) is 12.8 Å². The molecule has 0 heterocycles. The third-order valence-electron chi connectivity index (χ3n) is 11.5. The van der Waals surface area contributed by atoms with Crippen molar-refractivity contribution in [2.24, 2.45) is 47.3 Å². The summed E-state index contributed by atoms with van der Waals surface area (Å²) < 4.78 is 11.5. The third-order valence-corrected chi connectivity index (χ3v) is 11.5. The maximum Gasteiger partial charge on any atom is 0.0571 e. The molecule has 198 valence electrons. The molecule has 2 heteroatoms. The standard InChI is InChI=1S/C32H58O2/c1-5-7-8-24-10-20-30(26-13-17-28(34-4)18-14-26)32(22-24)31-21-23(6-2)9-19-29(31)25-11-15-27(33-3)16-12-25/h23-32H,5-22H2,1-4H3. The fourth-order valence-corrected chi connectivity index (χ4v) is 9.43. The van der Waals surface area contributed by atoms with E-state index < -0.39 is 0 Å². The van der Waals surface area contributed by atoms with E-state index in [9.17, 15) is 0 Å². The van der Waals surface area contributed by atoms with Crippen LogP contribution in [0.1, 0.15) is 129 Å². The third kappa shape index (κ3) is 6.62. The van der Waals surface area contributed by atoms with Crippen LogP contribution in [0.3, 0.4) is 0 Å². The number of methoxy groups -OCH3 is 2. The van der Waals surface area contributed by atoms with Crippen molar-refractivity contribution in [3.8, 4) is 0 Å². The van der Waals surface area contributed by atoms with Gasteiger partial charge in [0.1, 0.15) is 0 Å². The average molecular weight is 475 g/mol. The van der Waals surface area contributed by atoms with E-state index in [2.05, 4.69) is 13.8 Å². The number of ether oxygens (including phenoxy) is 2. The lowest BCUT2D eigenvalue weighted by Crippen LogP contribution is -2.44. The van der Waals surface area contributed by atoms with Crippen molar-refractivity contribution in [1.29, 1.82) is 0 Å². The molecule has 4 aliphatic carbocycles. The molecule has 0 spiro atoms. The second kappa shape index (κ2) is 13.5. The van der Waals surface area contributed by atoms with Crippen LogP contribution in [-0.4, -0.2) is 26.4 Å². The minimum atomic E-state index is 0.540. The zero-order chi connectivity index (χ0) is 23.9. The van der Waals surface area contributed by atoms with Gasteiger partial charge < -0.3 is 9.47 Å². The normalized spacial score (nSPS) is 44.1. The van der Waals surface area contributed by atoms with Gasteiger partial charge in [-0.15, -0.1) is 0 Å². The Kier molecular flexibility index (Phi) is 10.7. The highest BCUT2D eigenvalue weighted by atomic mass is 16.5. The van der Waals surface area contributed by atoms with E-state index in [0.29, 0.717) is 12.2 Å². The number of rotatable bonds is 9. The minimum Gasteiger partial charge on any atom is -0.381 e. The smallest absolute Gasteiger partial charge is 0.0571 e. The van der Waals surface area contributed by atoms with Crippen LogP contribution < -0.4 is 0 Å². The second-order valence-electron chi connectivity index (χ2n) is 13.1. The molecule has 0 bridgehead atoms. The van der Waals surface area contributed by atoms with Gasteiger partial charge in [-0.05, 0) is 124 Å². The summed E-state index contributed by atoms with van der Waals surface area (Å²) in [6, 6.07) is 0. The van der Waals surface area contributed by atoms with Gasteiger partial charge in [0.25, 0.3) is 0 Å². The molecule has 4 saturated carbocycles. The fourth-order valence-electron chi connectivity index (χ4n) is 9.43. The molecule has 6 atom stereocenters. The van der Waals surface area contributed by atoms with Gasteiger partial charge in [0, 0.05) is 14.2 Å². The Labute approximate surface area is 212 Å². The molecule has 0 aromatic carbocycles. The van der Waals surface area contributed by atoms with Crippen molar-refractivity contribution < 1.29 is 9.47 Å². The lowest BCUT2D eigenvalue weighted by Gasteiger charge is -2.52. The van der Waals surface area contributed by atoms with E-state index in [1.807, 2.05) is 14.2 Å². The predicted molar refractivity (Wildman–Crippen MR) is 144 cm³/mol. The van der Waals surface area contributed by atoms with Crippen LogP contribution in [0.2, 0.25) is 0 Å². The van der Waals surface area contributed by atoms with Crippen molar-refractivity contribution >= 4 is 0 Å². The molecule has 4 aliphatic rings. The Balaban J connectivity index is 1.52. The highest BCUT2D eigenvalue weighted by molar-refractivity contribution is 4.96. The monoisotopic (exact) mass is 474 g/mol. The summed E-state index contributed by atoms with van der Waals surface area (Å²) in [5, 5.41) is 0. The molecule has 6 unspecified atom stereocenters. The van der Waals surface area contributed by atoms with Gasteiger partial charge in [-0.3, -0.25) is 0 Å². The van der Waals surface area contributed by atoms with Gasteiger partial charge in [-0.2, -0.15) is 0 Å². The summed E-state index contributed by atoms with van der Waals surface area (Å²) in [5.74, 6) is 8.02. The van der Waals surface area contributed by atoms with Crippen LogP contribution in [0.5, 0.6) is 0 Å². The molecule has 34 heavy (non-hydrogen) atoms. The molecule has 4 rings (SSSR count). The van der Waals surface area contributed by atoms with E-state index in [1.165, 1.54) is 103 Å². The summed E-state index contributed by atoms with van der Waals surface area (Å²) in [7, 11) is 3.87. The summed E-state index contributed by atoms with van der Waals surface area (Å²) in [5.41, 5.74) is 0. The van der Waals surface area contributed by atoms with Crippen molar-refractivity contribution in [3.05, 3.63) is 0 Å². The van der Waals surface area contributed by atoms with Crippen molar-refractivity contribution in [2.45, 2.75) is 142 Å². The Morgan fingerprint density at radius 3 is 1.44 bits per heavy atom. The topological polar surface area (TPSA) is 18.5 Å². The summed E-state index contributed by atoms with van der Waals surface area (Å²) in [4.78, 5) is 0. The van der Waals surface area contributed by atoms with E-state index in [-0.39, 0.29) is 0 Å². The highest BCUT2D eigenvalue weighted by Gasteiger charge is 2.46. The van der Waals surface area contributed by atoms with E-state index in [4.69, 9.17) is 9.47 Å². The number of unbranched alkanes of at least 4 members (excludes halogenated alkanes) is 1. The molecule has 0 aromatic rings.